The first-order chi connectivity index (χ1) is 10.2. The van der Waals surface area contributed by atoms with Crippen LogP contribution in [0.15, 0.2) is 24.5 Å². The van der Waals surface area contributed by atoms with Crippen LogP contribution in [-0.4, -0.2) is 59.4 Å². The molecule has 6 heteroatoms. The molecule has 2 aliphatic heterocycles. The van der Waals surface area contributed by atoms with Crippen LogP contribution in [0.25, 0.3) is 0 Å². The van der Waals surface area contributed by atoms with Crippen molar-refractivity contribution in [3.8, 4) is 0 Å². The number of urea groups is 1. The van der Waals surface area contributed by atoms with Gasteiger partial charge in [0.2, 0.25) is 5.91 Å². The first-order valence-electron chi connectivity index (χ1n) is 7.44. The fraction of sp³-hybridized carbons (Fsp3) is 0.533. The standard InChI is InChI=1S/C15H20N4O2/c20-14(19-9-7-17-15(19)21)11-18-8-1-2-13(10-18)12-3-5-16-6-4-12/h3-6,13H,1-2,7-11H2,(H,17,21)/t13-/m0/s1. The molecule has 0 aliphatic carbocycles. The Labute approximate surface area is 124 Å². The number of aromatic nitrogens is 1. The van der Waals surface area contributed by atoms with Crippen molar-refractivity contribution in [2.75, 3.05) is 32.7 Å². The van der Waals surface area contributed by atoms with Gasteiger partial charge in [-0.25, -0.2) is 4.79 Å². The van der Waals surface area contributed by atoms with Crippen molar-refractivity contribution in [2.45, 2.75) is 18.8 Å². The molecular weight excluding hydrogens is 268 g/mol. The van der Waals surface area contributed by atoms with Crippen LogP contribution < -0.4 is 5.32 Å². The van der Waals surface area contributed by atoms with E-state index in [9.17, 15) is 9.59 Å². The minimum Gasteiger partial charge on any atom is -0.336 e. The Morgan fingerprint density at radius 3 is 2.86 bits per heavy atom. The fourth-order valence-electron chi connectivity index (χ4n) is 3.09. The molecule has 2 aliphatic rings. The lowest BCUT2D eigenvalue weighted by Crippen LogP contribution is -2.44. The van der Waals surface area contributed by atoms with Crippen molar-refractivity contribution < 1.29 is 9.59 Å². The maximum Gasteiger partial charge on any atom is 0.324 e. The van der Waals surface area contributed by atoms with Crippen LogP contribution in [0, 0.1) is 0 Å². The zero-order valence-corrected chi connectivity index (χ0v) is 12.0. The molecule has 0 bridgehead atoms. The summed E-state index contributed by atoms with van der Waals surface area (Å²) >= 11 is 0. The monoisotopic (exact) mass is 288 g/mol. The number of piperidine rings is 1. The molecule has 1 atom stereocenters. The highest BCUT2D eigenvalue weighted by Gasteiger charge is 2.29. The Kier molecular flexibility index (Phi) is 4.15. The summed E-state index contributed by atoms with van der Waals surface area (Å²) in [6, 6.07) is 3.83. The summed E-state index contributed by atoms with van der Waals surface area (Å²) in [5, 5.41) is 2.66. The summed E-state index contributed by atoms with van der Waals surface area (Å²) in [5.41, 5.74) is 1.28. The molecule has 3 rings (SSSR count). The molecule has 1 aromatic rings. The Hall–Kier alpha value is -1.95. The third kappa shape index (κ3) is 3.21. The predicted molar refractivity (Wildman–Crippen MR) is 77.8 cm³/mol. The number of rotatable bonds is 3. The summed E-state index contributed by atoms with van der Waals surface area (Å²) in [5.74, 6) is 0.349. The lowest BCUT2D eigenvalue weighted by molar-refractivity contribution is -0.129. The summed E-state index contributed by atoms with van der Waals surface area (Å²) < 4.78 is 0. The van der Waals surface area contributed by atoms with Gasteiger partial charge in [0.05, 0.1) is 6.54 Å². The van der Waals surface area contributed by atoms with Crippen molar-refractivity contribution in [1.29, 1.82) is 0 Å². The smallest absolute Gasteiger partial charge is 0.324 e. The Balaban J connectivity index is 1.59. The predicted octanol–water partition coefficient (Wildman–Crippen LogP) is 0.813. The van der Waals surface area contributed by atoms with Gasteiger partial charge < -0.3 is 5.32 Å². The SMILES string of the molecule is O=C(CN1CCC[C@H](c2ccncc2)C1)N1CCNC1=O. The van der Waals surface area contributed by atoms with E-state index in [-0.39, 0.29) is 11.9 Å². The van der Waals surface area contributed by atoms with Gasteiger partial charge in [0.25, 0.3) is 0 Å². The van der Waals surface area contributed by atoms with E-state index < -0.39 is 0 Å². The zero-order valence-electron chi connectivity index (χ0n) is 12.0. The van der Waals surface area contributed by atoms with Crippen molar-refractivity contribution in [1.82, 2.24) is 20.1 Å². The number of nitrogens with one attached hydrogen (secondary N) is 1. The number of nitrogens with zero attached hydrogens (tertiary/aromatic N) is 3. The van der Waals surface area contributed by atoms with Crippen molar-refractivity contribution in [2.24, 2.45) is 0 Å². The first kappa shape index (κ1) is 14.0. The number of hydrogen-bond donors (Lipinski definition) is 1. The Morgan fingerprint density at radius 2 is 2.14 bits per heavy atom. The molecule has 0 unspecified atom stereocenters. The molecule has 2 saturated heterocycles. The highest BCUT2D eigenvalue weighted by atomic mass is 16.2. The second kappa shape index (κ2) is 6.22. The van der Waals surface area contributed by atoms with Crippen LogP contribution in [0.1, 0.15) is 24.3 Å². The summed E-state index contributed by atoms with van der Waals surface area (Å²) in [6.45, 7) is 3.16. The van der Waals surface area contributed by atoms with E-state index >= 15 is 0 Å². The number of pyridine rings is 1. The average molecular weight is 288 g/mol. The van der Waals surface area contributed by atoms with Crippen molar-refractivity contribution in [3.05, 3.63) is 30.1 Å². The molecule has 21 heavy (non-hydrogen) atoms. The normalized spacial score (nSPS) is 23.1. The minimum atomic E-state index is -0.261. The van der Waals surface area contributed by atoms with Gasteiger partial charge in [-0.15, -0.1) is 0 Å². The third-order valence-electron chi connectivity index (χ3n) is 4.20. The Morgan fingerprint density at radius 1 is 1.33 bits per heavy atom. The summed E-state index contributed by atoms with van der Waals surface area (Å²) in [6.07, 6.45) is 5.84. The van der Waals surface area contributed by atoms with Gasteiger partial charge in [0.15, 0.2) is 0 Å². The quantitative estimate of drug-likeness (QED) is 0.894. The second-order valence-electron chi connectivity index (χ2n) is 5.63. The lowest BCUT2D eigenvalue weighted by atomic mass is 9.91. The fourth-order valence-corrected chi connectivity index (χ4v) is 3.09. The van der Waals surface area contributed by atoms with Gasteiger partial charge in [-0.3, -0.25) is 19.6 Å². The Bertz CT molecular complexity index is 520. The topological polar surface area (TPSA) is 65.5 Å². The number of amides is 3. The maximum atomic E-state index is 12.2. The lowest BCUT2D eigenvalue weighted by Gasteiger charge is -2.33. The van der Waals surface area contributed by atoms with E-state index in [4.69, 9.17) is 0 Å². The molecule has 112 valence electrons. The van der Waals surface area contributed by atoms with Crippen LogP contribution >= 0.6 is 0 Å². The van der Waals surface area contributed by atoms with Gasteiger partial charge in [0, 0.05) is 32.0 Å². The molecule has 6 nitrogen and oxygen atoms in total. The van der Waals surface area contributed by atoms with E-state index in [1.54, 1.807) is 0 Å². The number of likely N-dealkylation sites (tertiary alicyclic amines) is 1. The molecule has 3 amide bonds. The maximum absolute atomic E-state index is 12.2. The number of carbonyl (C=O) groups excluding carboxylic acids is 2. The zero-order chi connectivity index (χ0) is 14.7. The number of hydrogen-bond acceptors (Lipinski definition) is 4. The molecule has 2 fully saturated rings. The molecule has 0 spiro atoms. The number of carbonyl (C=O) groups is 2. The van der Waals surface area contributed by atoms with Gasteiger partial charge >= 0.3 is 6.03 Å². The molecule has 0 aromatic carbocycles. The van der Waals surface area contributed by atoms with Crippen LogP contribution in [-0.2, 0) is 4.79 Å². The van der Waals surface area contributed by atoms with Crippen LogP contribution in [0.4, 0.5) is 4.79 Å². The van der Waals surface area contributed by atoms with E-state index in [1.165, 1.54) is 10.5 Å². The van der Waals surface area contributed by atoms with Gasteiger partial charge in [-0.2, -0.15) is 0 Å². The first-order valence-corrected chi connectivity index (χ1v) is 7.44. The van der Waals surface area contributed by atoms with Gasteiger partial charge in [-0.1, -0.05) is 0 Å². The van der Waals surface area contributed by atoms with Gasteiger partial charge in [0.1, 0.15) is 0 Å². The van der Waals surface area contributed by atoms with Crippen LogP contribution in [0.2, 0.25) is 0 Å². The largest absolute Gasteiger partial charge is 0.336 e. The van der Waals surface area contributed by atoms with E-state index in [0.29, 0.717) is 25.6 Å². The van der Waals surface area contributed by atoms with Crippen molar-refractivity contribution >= 4 is 11.9 Å². The molecule has 1 N–H and O–H groups in total. The molecular formula is C15H20N4O2. The van der Waals surface area contributed by atoms with E-state index in [1.807, 2.05) is 24.5 Å². The van der Waals surface area contributed by atoms with Crippen LogP contribution in [0.5, 0.6) is 0 Å². The molecule has 0 radical (unpaired) electrons. The molecule has 0 saturated carbocycles. The molecule has 1 aromatic heterocycles. The van der Waals surface area contributed by atoms with Crippen LogP contribution in [0.3, 0.4) is 0 Å². The number of imide groups is 1. The molecule has 3 heterocycles. The minimum absolute atomic E-state index is 0.0969. The highest BCUT2D eigenvalue weighted by Crippen LogP contribution is 2.26. The van der Waals surface area contributed by atoms with E-state index in [0.717, 1.165) is 25.9 Å². The summed E-state index contributed by atoms with van der Waals surface area (Å²) in [4.78, 5) is 31.2. The average Bonchev–Trinajstić information content (AvgIpc) is 2.95. The third-order valence-corrected chi connectivity index (χ3v) is 4.20. The van der Waals surface area contributed by atoms with Crippen molar-refractivity contribution in [3.63, 3.8) is 0 Å². The highest BCUT2D eigenvalue weighted by molar-refractivity contribution is 5.96. The summed E-state index contributed by atoms with van der Waals surface area (Å²) in [7, 11) is 0. The second-order valence-corrected chi connectivity index (χ2v) is 5.63. The van der Waals surface area contributed by atoms with Gasteiger partial charge in [-0.05, 0) is 43.0 Å². The van der Waals surface area contributed by atoms with E-state index in [2.05, 4.69) is 15.2 Å².